The first-order valence-corrected chi connectivity index (χ1v) is 10.3. The van der Waals surface area contributed by atoms with Crippen LogP contribution < -0.4 is 10.6 Å². The van der Waals surface area contributed by atoms with Crippen LogP contribution in [0, 0.1) is 23.7 Å². The summed E-state index contributed by atoms with van der Waals surface area (Å²) < 4.78 is 10.4. The first-order valence-electron chi connectivity index (χ1n) is 10.3. The van der Waals surface area contributed by atoms with Gasteiger partial charge in [0, 0.05) is 33.2 Å². The molecule has 1 saturated carbocycles. The van der Waals surface area contributed by atoms with E-state index in [0.29, 0.717) is 38.7 Å². The number of nitrogens with one attached hydrogen (secondary N) is 2. The van der Waals surface area contributed by atoms with Gasteiger partial charge in [0.1, 0.15) is 5.76 Å². The number of methoxy groups -OCH3 is 1. The number of carbonyl (C=O) groups is 2. The largest absolute Gasteiger partial charge is 0.469 e. The van der Waals surface area contributed by atoms with Crippen molar-refractivity contribution in [3.8, 4) is 0 Å². The Morgan fingerprint density at radius 3 is 2.53 bits per heavy atom. The summed E-state index contributed by atoms with van der Waals surface area (Å²) in [6.45, 7) is 2.51. The van der Waals surface area contributed by atoms with Crippen molar-refractivity contribution in [3.63, 3.8) is 0 Å². The van der Waals surface area contributed by atoms with Crippen molar-refractivity contribution in [3.05, 3.63) is 36.3 Å². The number of hydrogen-bond donors (Lipinski definition) is 2. The first kappa shape index (κ1) is 22.8. The van der Waals surface area contributed by atoms with Gasteiger partial charge in [-0.1, -0.05) is 12.2 Å². The topological polar surface area (TPSA) is 96.2 Å². The van der Waals surface area contributed by atoms with Crippen LogP contribution in [0.25, 0.3) is 0 Å². The van der Waals surface area contributed by atoms with Crippen molar-refractivity contribution < 1.29 is 18.7 Å². The number of rotatable bonds is 9. The monoisotopic (exact) mass is 528 g/mol. The number of aliphatic imine (C=N–C) groups is 1. The summed E-state index contributed by atoms with van der Waals surface area (Å²) in [5, 5.41) is 6.48. The van der Waals surface area contributed by atoms with Gasteiger partial charge in [-0.05, 0) is 30.4 Å². The molecule has 4 atom stereocenters. The Kier molecular flexibility index (Phi) is 7.93. The molecule has 0 aromatic carbocycles. The fraction of sp³-hybridized carbons (Fsp3) is 0.571. The van der Waals surface area contributed by atoms with Crippen LogP contribution in [0.3, 0.4) is 0 Å². The fourth-order valence-electron chi connectivity index (χ4n) is 4.65. The van der Waals surface area contributed by atoms with E-state index in [1.807, 2.05) is 12.1 Å². The molecule has 9 heteroatoms. The molecule has 1 aromatic heterocycles. The molecule has 1 saturated heterocycles. The number of amides is 2. The van der Waals surface area contributed by atoms with Crippen LogP contribution >= 0.6 is 24.0 Å². The van der Waals surface area contributed by atoms with E-state index in [1.165, 1.54) is 4.90 Å². The summed E-state index contributed by atoms with van der Waals surface area (Å²) in [5.41, 5.74) is 0. The normalized spacial score (nSPS) is 26.8. The van der Waals surface area contributed by atoms with E-state index in [-0.39, 0.29) is 59.5 Å². The fourth-order valence-corrected chi connectivity index (χ4v) is 4.65. The number of imide groups is 1. The van der Waals surface area contributed by atoms with Crippen molar-refractivity contribution in [2.24, 2.45) is 28.7 Å². The van der Waals surface area contributed by atoms with Gasteiger partial charge in [-0.25, -0.2) is 0 Å². The third kappa shape index (κ3) is 4.72. The second-order valence-corrected chi connectivity index (χ2v) is 7.73. The zero-order valence-corrected chi connectivity index (χ0v) is 19.4. The lowest BCUT2D eigenvalue weighted by molar-refractivity contribution is -0.140. The highest BCUT2D eigenvalue weighted by Crippen LogP contribution is 2.52. The lowest BCUT2D eigenvalue weighted by Gasteiger charge is -2.19. The Bertz CT molecular complexity index is 765. The average molecular weight is 528 g/mol. The highest BCUT2D eigenvalue weighted by Gasteiger charge is 2.58. The molecule has 3 aliphatic rings. The molecular formula is C21H29IN4O4. The molecule has 2 amide bonds. The van der Waals surface area contributed by atoms with E-state index >= 15 is 0 Å². The van der Waals surface area contributed by atoms with E-state index < -0.39 is 0 Å². The maximum absolute atomic E-state index is 12.7. The third-order valence-electron chi connectivity index (χ3n) is 6.00. The van der Waals surface area contributed by atoms with Crippen molar-refractivity contribution in [1.29, 1.82) is 0 Å². The Labute approximate surface area is 193 Å². The third-order valence-corrected chi connectivity index (χ3v) is 6.00. The molecule has 0 radical (unpaired) electrons. The predicted octanol–water partition coefficient (Wildman–Crippen LogP) is 1.43. The number of carbonyl (C=O) groups excluding carboxylic acids is 2. The number of hydrogen-bond acceptors (Lipinski definition) is 5. The smallest absolute Gasteiger partial charge is 0.233 e. The molecule has 1 aromatic rings. The number of fused-ring (bicyclic) bond motifs is 5. The summed E-state index contributed by atoms with van der Waals surface area (Å²) in [7, 11) is 1.64. The zero-order valence-electron chi connectivity index (χ0n) is 17.1. The summed E-state index contributed by atoms with van der Waals surface area (Å²) in [5.74, 6) is 1.72. The summed E-state index contributed by atoms with van der Waals surface area (Å²) in [4.78, 5) is 31.4. The van der Waals surface area contributed by atoms with E-state index in [2.05, 4.69) is 27.8 Å². The molecular weight excluding hydrogens is 499 g/mol. The quantitative estimate of drug-likeness (QED) is 0.126. The molecule has 1 aliphatic heterocycles. The van der Waals surface area contributed by atoms with Gasteiger partial charge in [0.25, 0.3) is 0 Å². The number of ether oxygens (including phenoxy) is 1. The van der Waals surface area contributed by atoms with Crippen LogP contribution in [0.4, 0.5) is 0 Å². The number of allylic oxidation sites excluding steroid dienone is 2. The molecule has 8 nitrogen and oxygen atoms in total. The molecule has 164 valence electrons. The number of guanidine groups is 1. The van der Waals surface area contributed by atoms with Gasteiger partial charge >= 0.3 is 0 Å². The zero-order chi connectivity index (χ0) is 20.2. The predicted molar refractivity (Wildman–Crippen MR) is 122 cm³/mol. The van der Waals surface area contributed by atoms with Crippen molar-refractivity contribution in [2.45, 2.75) is 12.8 Å². The lowest BCUT2D eigenvalue weighted by Crippen LogP contribution is -2.44. The van der Waals surface area contributed by atoms with Crippen LogP contribution in [0.15, 0.2) is 40.0 Å². The van der Waals surface area contributed by atoms with E-state index in [1.54, 1.807) is 13.4 Å². The SMILES string of the molecule is COCCN=C(NCCc1ccco1)NCCN1C(=O)C2C3C=CC(C3)C2C1=O.I. The van der Waals surface area contributed by atoms with Crippen LogP contribution in [0.2, 0.25) is 0 Å². The van der Waals surface area contributed by atoms with Crippen LogP contribution in [0.5, 0.6) is 0 Å². The van der Waals surface area contributed by atoms with Gasteiger partial charge in [-0.3, -0.25) is 19.5 Å². The maximum atomic E-state index is 12.7. The van der Waals surface area contributed by atoms with Crippen LogP contribution in [-0.4, -0.2) is 62.6 Å². The number of likely N-dealkylation sites (tertiary alicyclic amines) is 1. The molecule has 2 aliphatic carbocycles. The molecule has 4 unspecified atom stereocenters. The number of nitrogens with zero attached hydrogens (tertiary/aromatic N) is 2. The molecule has 4 rings (SSSR count). The van der Waals surface area contributed by atoms with Gasteiger partial charge in [0.05, 0.1) is 31.3 Å². The van der Waals surface area contributed by atoms with Gasteiger partial charge < -0.3 is 19.8 Å². The standard InChI is InChI=1S/C21H28N4O4.HI/c1-28-12-9-24-21(22-7-6-16-3-2-11-29-16)23-8-10-25-19(26)17-14-4-5-15(13-14)18(17)20(25)27;/h2-5,11,14-15,17-18H,6-10,12-13H2,1H3,(H2,22,23,24);1H. The first-order chi connectivity index (χ1) is 14.2. The second-order valence-electron chi connectivity index (χ2n) is 7.73. The highest BCUT2D eigenvalue weighted by atomic mass is 127. The second kappa shape index (κ2) is 10.4. The van der Waals surface area contributed by atoms with Crippen LogP contribution in [0.1, 0.15) is 12.2 Å². The van der Waals surface area contributed by atoms with Crippen molar-refractivity contribution in [2.75, 3.05) is 39.9 Å². The molecule has 0 spiro atoms. The average Bonchev–Trinajstić information content (AvgIpc) is 3.49. The summed E-state index contributed by atoms with van der Waals surface area (Å²) in [6, 6.07) is 3.79. The molecule has 30 heavy (non-hydrogen) atoms. The lowest BCUT2D eigenvalue weighted by atomic mass is 9.85. The summed E-state index contributed by atoms with van der Waals surface area (Å²) >= 11 is 0. The molecule has 2 bridgehead atoms. The van der Waals surface area contributed by atoms with Crippen molar-refractivity contribution in [1.82, 2.24) is 15.5 Å². The minimum Gasteiger partial charge on any atom is -0.469 e. The molecule has 2 heterocycles. The minimum absolute atomic E-state index is 0. The van der Waals surface area contributed by atoms with E-state index in [9.17, 15) is 9.59 Å². The molecule has 2 N–H and O–H groups in total. The van der Waals surface area contributed by atoms with E-state index in [0.717, 1.165) is 18.6 Å². The Morgan fingerprint density at radius 1 is 1.20 bits per heavy atom. The Balaban J connectivity index is 0.00000256. The van der Waals surface area contributed by atoms with Gasteiger partial charge in [-0.2, -0.15) is 0 Å². The van der Waals surface area contributed by atoms with Gasteiger partial charge in [0.2, 0.25) is 11.8 Å². The van der Waals surface area contributed by atoms with Gasteiger partial charge in [-0.15, -0.1) is 24.0 Å². The molecule has 2 fully saturated rings. The Hall–Kier alpha value is -1.88. The Morgan fingerprint density at radius 2 is 1.90 bits per heavy atom. The maximum Gasteiger partial charge on any atom is 0.233 e. The number of halogens is 1. The van der Waals surface area contributed by atoms with Crippen LogP contribution in [-0.2, 0) is 20.7 Å². The minimum atomic E-state index is -0.140. The van der Waals surface area contributed by atoms with Gasteiger partial charge in [0.15, 0.2) is 5.96 Å². The van der Waals surface area contributed by atoms with E-state index in [4.69, 9.17) is 9.15 Å². The van der Waals surface area contributed by atoms with Crippen molar-refractivity contribution >= 4 is 41.8 Å². The highest BCUT2D eigenvalue weighted by molar-refractivity contribution is 14.0. The number of furan rings is 1. The summed E-state index contributed by atoms with van der Waals surface area (Å²) in [6.07, 6.45) is 7.57.